The first-order valence-corrected chi connectivity index (χ1v) is 12.7. The Morgan fingerprint density at radius 1 is 1.30 bits per heavy atom. The number of aromatic carboxylic acids is 1. The zero-order valence-corrected chi connectivity index (χ0v) is 21.3. The Bertz CT molecular complexity index is 1260. The lowest BCUT2D eigenvalue weighted by atomic mass is 10.1. The topological polar surface area (TPSA) is 98.3 Å². The van der Waals surface area contributed by atoms with E-state index >= 15 is 0 Å². The molecule has 1 saturated carbocycles. The summed E-state index contributed by atoms with van der Waals surface area (Å²) in [4.78, 5) is 34.4. The van der Waals surface area contributed by atoms with E-state index in [0.29, 0.717) is 39.8 Å². The Balaban J connectivity index is 1.25. The van der Waals surface area contributed by atoms with E-state index in [1.165, 1.54) is 11.3 Å². The van der Waals surface area contributed by atoms with Crippen molar-refractivity contribution < 1.29 is 14.7 Å². The quantitative estimate of drug-likeness (QED) is 0.388. The predicted octanol–water partition coefficient (Wildman–Crippen LogP) is 5.00. The second-order valence-electron chi connectivity index (χ2n) is 8.37. The maximum Gasteiger partial charge on any atom is 0.347 e. The first kappa shape index (κ1) is 22.7. The van der Waals surface area contributed by atoms with Gasteiger partial charge in [-0.25, -0.2) is 9.78 Å². The summed E-state index contributed by atoms with van der Waals surface area (Å²) in [5.74, 6) is -0.635. The molecule has 3 N–H and O–H groups in total. The van der Waals surface area contributed by atoms with Gasteiger partial charge in [-0.2, -0.15) is 0 Å². The van der Waals surface area contributed by atoms with Crippen LogP contribution in [-0.2, 0) is 6.42 Å². The maximum atomic E-state index is 12.6. The summed E-state index contributed by atoms with van der Waals surface area (Å²) >= 11 is 16.9. The molecular weight excluding hydrogens is 551 g/mol. The van der Waals surface area contributed by atoms with Crippen LogP contribution in [0.5, 0.6) is 0 Å². The second kappa shape index (κ2) is 8.61. The molecule has 2 fully saturated rings. The highest BCUT2D eigenvalue weighted by Gasteiger charge is 2.57. The van der Waals surface area contributed by atoms with Crippen molar-refractivity contribution in [3.05, 3.63) is 66.3 Å². The average Bonchev–Trinajstić information content (AvgIpc) is 3.12. The first-order valence-electron chi connectivity index (χ1n) is 10.3. The minimum Gasteiger partial charge on any atom is -0.477 e. The molecule has 0 bridgehead atoms. The number of aromatic nitrogens is 2. The monoisotopic (exact) mass is 568 g/mol. The molecule has 2 aromatic heterocycles. The summed E-state index contributed by atoms with van der Waals surface area (Å²) in [7, 11) is 0. The van der Waals surface area contributed by atoms with Gasteiger partial charge >= 0.3 is 5.97 Å². The number of carboxylic acids is 1. The van der Waals surface area contributed by atoms with Crippen LogP contribution in [0.1, 0.15) is 37.1 Å². The van der Waals surface area contributed by atoms with E-state index in [-0.39, 0.29) is 27.5 Å². The van der Waals surface area contributed by atoms with Crippen molar-refractivity contribution in [1.82, 2.24) is 15.3 Å². The van der Waals surface area contributed by atoms with Crippen molar-refractivity contribution in [1.29, 1.82) is 0 Å². The number of carboxylic acid groups (broad SMARTS) is 1. The van der Waals surface area contributed by atoms with Crippen LogP contribution in [0.2, 0.25) is 10.0 Å². The molecule has 1 amide bonds. The number of hydrogen-bond donors (Lipinski definition) is 3. The molecule has 3 atom stereocenters. The van der Waals surface area contributed by atoms with Crippen molar-refractivity contribution in [2.24, 2.45) is 11.8 Å². The molecule has 33 heavy (non-hydrogen) atoms. The summed E-state index contributed by atoms with van der Waals surface area (Å²) in [5.41, 5.74) is 2.50. The predicted molar refractivity (Wildman–Crippen MR) is 132 cm³/mol. The lowest BCUT2D eigenvalue weighted by Gasteiger charge is -2.19. The number of piperidine rings is 1. The molecule has 0 radical (unpaired) electrons. The molecule has 1 saturated heterocycles. The molecule has 1 aromatic carbocycles. The maximum absolute atomic E-state index is 12.6. The number of amides is 1. The van der Waals surface area contributed by atoms with Gasteiger partial charge in [0.05, 0.1) is 15.7 Å². The number of fused-ring (bicyclic) bond motifs is 1. The molecule has 11 heteroatoms. The molecule has 1 aliphatic heterocycles. The number of rotatable bonds is 6. The highest BCUT2D eigenvalue weighted by molar-refractivity contribution is 9.10. The molecule has 7 nitrogen and oxygen atoms in total. The largest absolute Gasteiger partial charge is 0.477 e. The van der Waals surface area contributed by atoms with Crippen LogP contribution in [0.4, 0.5) is 5.13 Å². The molecule has 0 spiro atoms. The van der Waals surface area contributed by atoms with Gasteiger partial charge in [-0.3, -0.25) is 4.79 Å². The molecule has 172 valence electrons. The third-order valence-electron chi connectivity index (χ3n) is 6.18. The number of halogens is 3. The molecule has 5 rings (SSSR count). The normalized spacial score (nSPS) is 21.2. The molecule has 2 aliphatic rings. The second-order valence-corrected chi connectivity index (χ2v) is 11.0. The number of H-pyrrole nitrogens is 1. The van der Waals surface area contributed by atoms with Crippen molar-refractivity contribution in [3.8, 4) is 0 Å². The zero-order valence-electron chi connectivity index (χ0n) is 17.4. The van der Waals surface area contributed by atoms with Gasteiger partial charge in [-0.1, -0.05) is 62.6 Å². The van der Waals surface area contributed by atoms with Gasteiger partial charge < -0.3 is 20.3 Å². The highest BCUT2D eigenvalue weighted by Crippen LogP contribution is 2.48. The molecule has 1 unspecified atom stereocenters. The fourth-order valence-electron chi connectivity index (χ4n) is 4.45. The van der Waals surface area contributed by atoms with E-state index in [0.717, 1.165) is 23.1 Å². The number of nitrogens with one attached hydrogen (secondary N) is 2. The number of aromatic amines is 1. The minimum absolute atomic E-state index is 0.0623. The van der Waals surface area contributed by atoms with Crippen molar-refractivity contribution in [2.75, 3.05) is 18.0 Å². The third kappa shape index (κ3) is 4.27. The lowest BCUT2D eigenvalue weighted by molar-refractivity contribution is 0.0700. The number of thiazole rings is 1. The van der Waals surface area contributed by atoms with Crippen molar-refractivity contribution >= 4 is 67.5 Å². The third-order valence-corrected chi connectivity index (χ3v) is 8.77. The Morgan fingerprint density at radius 2 is 2.03 bits per heavy atom. The number of aryl methyl sites for hydroxylation is 1. The standard InChI is InChI=1S/C22H19BrCl2N4O3S/c1-9-15(24)16(25)18(26-9)20(30)28-17-12-7-29(8-13(12)17)22-27-14(19(33-22)21(31)32)6-10-3-2-4-11(23)5-10/h2-5,12-13,17,26H,6-8H2,1H3,(H,28,30)(H,31,32)/t12-,13+,17?. The first-order chi connectivity index (χ1) is 15.7. The van der Waals surface area contributed by atoms with Crippen LogP contribution in [0.3, 0.4) is 0 Å². The van der Waals surface area contributed by atoms with Gasteiger partial charge in [-0.15, -0.1) is 0 Å². The minimum atomic E-state index is -0.963. The van der Waals surface area contributed by atoms with E-state index in [4.69, 9.17) is 23.2 Å². The fourth-order valence-corrected chi connectivity index (χ4v) is 6.25. The Labute approximate surface area is 212 Å². The van der Waals surface area contributed by atoms with Crippen LogP contribution >= 0.6 is 50.5 Å². The van der Waals surface area contributed by atoms with Gasteiger partial charge in [0.15, 0.2) is 5.13 Å². The van der Waals surface area contributed by atoms with Gasteiger partial charge in [0, 0.05) is 47.6 Å². The smallest absolute Gasteiger partial charge is 0.347 e. The van der Waals surface area contributed by atoms with Gasteiger partial charge in [0.2, 0.25) is 0 Å². The number of benzene rings is 1. The number of nitrogens with zero attached hydrogens (tertiary/aromatic N) is 2. The van der Waals surface area contributed by atoms with Crippen molar-refractivity contribution in [2.45, 2.75) is 19.4 Å². The Morgan fingerprint density at radius 3 is 2.64 bits per heavy atom. The van der Waals surface area contributed by atoms with E-state index in [9.17, 15) is 14.7 Å². The highest BCUT2D eigenvalue weighted by atomic mass is 79.9. The molecule has 3 aromatic rings. The van der Waals surface area contributed by atoms with E-state index < -0.39 is 5.97 Å². The summed E-state index contributed by atoms with van der Waals surface area (Å²) in [5, 5.41) is 14.0. The summed E-state index contributed by atoms with van der Waals surface area (Å²) in [6.45, 7) is 3.20. The van der Waals surface area contributed by atoms with Gasteiger partial charge in [0.25, 0.3) is 5.91 Å². The van der Waals surface area contributed by atoms with Crippen LogP contribution in [0.25, 0.3) is 0 Å². The average molecular weight is 570 g/mol. The Kier molecular flexibility index (Phi) is 5.93. The number of carbonyl (C=O) groups excluding carboxylic acids is 1. The molecule has 3 heterocycles. The summed E-state index contributed by atoms with van der Waals surface area (Å²) < 4.78 is 0.943. The van der Waals surface area contributed by atoms with Crippen molar-refractivity contribution in [3.63, 3.8) is 0 Å². The van der Waals surface area contributed by atoms with Crippen LogP contribution in [-0.4, -0.2) is 46.1 Å². The van der Waals surface area contributed by atoms with Gasteiger partial charge in [-0.05, 0) is 24.6 Å². The van der Waals surface area contributed by atoms with E-state index in [1.807, 2.05) is 24.3 Å². The summed E-state index contributed by atoms with van der Waals surface area (Å²) in [6.07, 6.45) is 0.454. The van der Waals surface area contributed by atoms with Crippen LogP contribution < -0.4 is 10.2 Å². The number of hydrogen-bond acceptors (Lipinski definition) is 5. The van der Waals surface area contributed by atoms with Gasteiger partial charge in [0.1, 0.15) is 10.6 Å². The number of carbonyl (C=O) groups is 2. The molecule has 1 aliphatic carbocycles. The molecular formula is C22H19BrCl2N4O3S. The fraction of sp³-hybridized carbons (Fsp3) is 0.318. The Hall–Kier alpha value is -2.07. The summed E-state index contributed by atoms with van der Waals surface area (Å²) in [6, 6.07) is 7.84. The number of anilines is 1. The van der Waals surface area contributed by atoms with Crippen LogP contribution in [0, 0.1) is 18.8 Å². The van der Waals surface area contributed by atoms with E-state index in [1.54, 1.807) is 6.92 Å². The SMILES string of the molecule is Cc1[nH]c(C(=O)NC2[C@H]3CN(c4nc(Cc5cccc(Br)c5)c(C(=O)O)s4)C[C@@H]23)c(Cl)c1Cl. The van der Waals surface area contributed by atoms with E-state index in [2.05, 4.69) is 36.1 Å². The zero-order chi connectivity index (χ0) is 23.4. The lowest BCUT2D eigenvalue weighted by Crippen LogP contribution is -2.34. The van der Waals surface area contributed by atoms with Crippen LogP contribution in [0.15, 0.2) is 28.7 Å².